The second kappa shape index (κ2) is 3.59. The van der Waals surface area contributed by atoms with E-state index in [4.69, 9.17) is 0 Å². The third-order valence-corrected chi connectivity index (χ3v) is 3.60. The number of sulfonamides is 1. The molecule has 0 unspecified atom stereocenters. The van der Waals surface area contributed by atoms with E-state index in [0.29, 0.717) is 11.4 Å². The summed E-state index contributed by atoms with van der Waals surface area (Å²) in [7, 11) is -3.67. The highest BCUT2D eigenvalue weighted by Crippen LogP contribution is 2.18. The molecule has 0 amide bonds. The lowest BCUT2D eigenvalue weighted by Crippen LogP contribution is -2.14. The number of nitrogens with zero attached hydrogens (tertiary/aromatic N) is 3. The summed E-state index contributed by atoms with van der Waals surface area (Å²) in [6, 6.07) is 0. The van der Waals surface area contributed by atoms with Gasteiger partial charge in [-0.05, 0) is 13.8 Å². The lowest BCUT2D eigenvalue weighted by atomic mass is 10.4. The van der Waals surface area contributed by atoms with Crippen LogP contribution in [-0.4, -0.2) is 34.0 Å². The van der Waals surface area contributed by atoms with Gasteiger partial charge in [-0.3, -0.25) is 9.82 Å². The minimum absolute atomic E-state index is 0.135. The van der Waals surface area contributed by atoms with Gasteiger partial charge in [0.2, 0.25) is 0 Å². The number of aryl methyl sites for hydroxylation is 2. The van der Waals surface area contributed by atoms with Gasteiger partial charge in [-0.1, -0.05) is 0 Å². The summed E-state index contributed by atoms with van der Waals surface area (Å²) < 4.78 is 26.2. The van der Waals surface area contributed by atoms with Crippen LogP contribution in [0.1, 0.15) is 11.4 Å². The molecule has 0 spiro atoms. The van der Waals surface area contributed by atoms with Crippen molar-refractivity contribution in [2.45, 2.75) is 18.7 Å². The molecule has 16 heavy (non-hydrogen) atoms. The van der Waals surface area contributed by atoms with Crippen molar-refractivity contribution in [2.75, 3.05) is 4.72 Å². The van der Waals surface area contributed by atoms with Gasteiger partial charge < -0.3 is 0 Å². The first-order valence-electron chi connectivity index (χ1n) is 4.41. The number of hydrogen-bond acceptors (Lipinski definition) is 5. The predicted octanol–water partition coefficient (Wildman–Crippen LogP) is -0.0546. The van der Waals surface area contributed by atoms with Crippen LogP contribution in [-0.2, 0) is 10.0 Å². The fourth-order valence-corrected chi connectivity index (χ4v) is 2.74. The van der Waals surface area contributed by atoms with Crippen LogP contribution in [0.25, 0.3) is 0 Å². The molecule has 2 aromatic heterocycles. The van der Waals surface area contributed by atoms with Crippen LogP contribution in [0, 0.1) is 13.8 Å². The Kier molecular flexibility index (Phi) is 2.38. The molecule has 0 fully saturated rings. The number of aromatic amines is 2. The van der Waals surface area contributed by atoms with Gasteiger partial charge >= 0.3 is 0 Å². The van der Waals surface area contributed by atoms with Crippen LogP contribution in [0.15, 0.2) is 11.1 Å². The van der Waals surface area contributed by atoms with Crippen LogP contribution in [0.4, 0.5) is 5.82 Å². The average Bonchev–Trinajstić information content (AvgIpc) is 2.76. The van der Waals surface area contributed by atoms with E-state index < -0.39 is 10.0 Å². The second-order valence-corrected chi connectivity index (χ2v) is 4.84. The Morgan fingerprint density at radius 3 is 2.56 bits per heavy atom. The SMILES string of the molecule is Cc1n[nH]c(C)c1S(=O)(=O)Nc1cn[nH]n1. The molecule has 2 aromatic rings. The predicted molar refractivity (Wildman–Crippen MR) is 55.3 cm³/mol. The maximum atomic E-state index is 11.9. The Hall–Kier alpha value is -1.90. The Bertz CT molecular complexity index is 565. The first kappa shape index (κ1) is 10.6. The van der Waals surface area contributed by atoms with Crippen LogP contribution in [0.2, 0.25) is 0 Å². The van der Waals surface area contributed by atoms with E-state index in [1.54, 1.807) is 13.8 Å². The quantitative estimate of drug-likeness (QED) is 0.697. The fraction of sp³-hybridized carbons (Fsp3) is 0.286. The normalized spacial score (nSPS) is 11.6. The molecule has 9 heteroatoms. The molecule has 2 rings (SSSR count). The molecule has 8 nitrogen and oxygen atoms in total. The molecule has 0 aromatic carbocycles. The standard InChI is InChI=1S/C7H10N6O2S/c1-4-7(5(2)10-9-4)16(14,15)12-6-3-8-13-11-6/h3H,1-2H3,(H,9,10)(H2,8,11,12,13). The van der Waals surface area contributed by atoms with Gasteiger partial charge in [0.1, 0.15) is 4.90 Å². The fourth-order valence-electron chi connectivity index (χ4n) is 1.38. The maximum Gasteiger partial charge on any atom is 0.266 e. The highest BCUT2D eigenvalue weighted by atomic mass is 32.2. The molecule has 86 valence electrons. The lowest BCUT2D eigenvalue weighted by molar-refractivity contribution is 0.600. The molecule has 0 aliphatic rings. The molecule has 0 aliphatic carbocycles. The molecular weight excluding hydrogens is 232 g/mol. The highest BCUT2D eigenvalue weighted by Gasteiger charge is 2.22. The van der Waals surface area contributed by atoms with E-state index in [9.17, 15) is 8.42 Å². The lowest BCUT2D eigenvalue weighted by Gasteiger charge is -2.04. The van der Waals surface area contributed by atoms with Gasteiger partial charge in [-0.2, -0.15) is 15.4 Å². The molecule has 2 heterocycles. The van der Waals surface area contributed by atoms with Crippen LogP contribution in [0.3, 0.4) is 0 Å². The summed E-state index contributed by atoms with van der Waals surface area (Å²) >= 11 is 0. The molecule has 0 atom stereocenters. The zero-order valence-electron chi connectivity index (χ0n) is 8.64. The minimum atomic E-state index is -3.67. The van der Waals surface area contributed by atoms with Gasteiger partial charge in [0.05, 0.1) is 17.6 Å². The van der Waals surface area contributed by atoms with E-state index in [-0.39, 0.29) is 10.7 Å². The van der Waals surface area contributed by atoms with Crippen molar-refractivity contribution in [3.63, 3.8) is 0 Å². The molecule has 0 bridgehead atoms. The van der Waals surface area contributed by atoms with Crippen molar-refractivity contribution in [3.8, 4) is 0 Å². The third kappa shape index (κ3) is 1.76. The van der Waals surface area contributed by atoms with Crippen molar-refractivity contribution < 1.29 is 8.42 Å². The number of H-pyrrole nitrogens is 2. The van der Waals surface area contributed by atoms with Crippen molar-refractivity contribution in [1.82, 2.24) is 25.6 Å². The van der Waals surface area contributed by atoms with E-state index in [2.05, 4.69) is 30.3 Å². The molecule has 0 saturated carbocycles. The summed E-state index contributed by atoms with van der Waals surface area (Å²) in [5.74, 6) is 0.139. The van der Waals surface area contributed by atoms with E-state index in [1.165, 1.54) is 6.20 Å². The van der Waals surface area contributed by atoms with Crippen molar-refractivity contribution in [2.24, 2.45) is 0 Å². The van der Waals surface area contributed by atoms with Crippen molar-refractivity contribution in [3.05, 3.63) is 17.6 Å². The number of rotatable bonds is 3. The average molecular weight is 242 g/mol. The van der Waals surface area contributed by atoms with E-state index in [1.807, 2.05) is 0 Å². The van der Waals surface area contributed by atoms with Crippen LogP contribution in [0.5, 0.6) is 0 Å². The molecule has 0 radical (unpaired) electrons. The van der Waals surface area contributed by atoms with Gasteiger partial charge in [-0.15, -0.1) is 5.10 Å². The Labute approximate surface area is 91.5 Å². The number of aromatic nitrogens is 5. The van der Waals surface area contributed by atoms with Gasteiger partial charge in [-0.25, -0.2) is 8.42 Å². The summed E-state index contributed by atoms with van der Waals surface area (Å²) in [5, 5.41) is 15.9. The first-order valence-corrected chi connectivity index (χ1v) is 5.89. The molecule has 0 aliphatic heterocycles. The largest absolute Gasteiger partial charge is 0.281 e. The number of anilines is 1. The summed E-state index contributed by atoms with van der Waals surface area (Å²) in [5.41, 5.74) is 0.891. The Balaban J connectivity index is 2.40. The van der Waals surface area contributed by atoms with Gasteiger partial charge in [0.15, 0.2) is 5.82 Å². The monoisotopic (exact) mass is 242 g/mol. The minimum Gasteiger partial charge on any atom is -0.281 e. The number of hydrogen-bond donors (Lipinski definition) is 3. The van der Waals surface area contributed by atoms with Gasteiger partial charge in [0, 0.05) is 0 Å². The van der Waals surface area contributed by atoms with Crippen LogP contribution < -0.4 is 4.72 Å². The molecular formula is C7H10N6O2S. The van der Waals surface area contributed by atoms with E-state index >= 15 is 0 Å². The van der Waals surface area contributed by atoms with Gasteiger partial charge in [0.25, 0.3) is 10.0 Å². The van der Waals surface area contributed by atoms with E-state index in [0.717, 1.165) is 0 Å². The summed E-state index contributed by atoms with van der Waals surface area (Å²) in [6.45, 7) is 3.25. The first-order chi connectivity index (χ1) is 7.50. The van der Waals surface area contributed by atoms with Crippen molar-refractivity contribution >= 4 is 15.8 Å². The smallest absolute Gasteiger partial charge is 0.266 e. The van der Waals surface area contributed by atoms with Crippen LogP contribution >= 0.6 is 0 Å². The highest BCUT2D eigenvalue weighted by molar-refractivity contribution is 7.92. The number of nitrogens with one attached hydrogen (secondary N) is 3. The molecule has 0 saturated heterocycles. The topological polar surface area (TPSA) is 116 Å². The zero-order valence-corrected chi connectivity index (χ0v) is 9.46. The second-order valence-electron chi connectivity index (χ2n) is 3.22. The van der Waals surface area contributed by atoms with Crippen molar-refractivity contribution in [1.29, 1.82) is 0 Å². The summed E-state index contributed by atoms with van der Waals surface area (Å²) in [4.78, 5) is 0.135. The Morgan fingerprint density at radius 2 is 2.06 bits per heavy atom. The maximum absolute atomic E-state index is 11.9. The zero-order chi connectivity index (χ0) is 11.8. The third-order valence-electron chi connectivity index (χ3n) is 1.98. The molecule has 3 N–H and O–H groups in total. The summed E-state index contributed by atoms with van der Waals surface area (Å²) in [6.07, 6.45) is 1.28. The Morgan fingerprint density at radius 1 is 1.31 bits per heavy atom.